The summed E-state index contributed by atoms with van der Waals surface area (Å²) < 4.78 is 12.7. The fraction of sp³-hybridized carbons (Fsp3) is 0.778. The summed E-state index contributed by atoms with van der Waals surface area (Å²) in [6.45, 7) is 19.8. The van der Waals surface area contributed by atoms with Gasteiger partial charge in [-0.1, -0.05) is 205 Å². The monoisotopic (exact) mass is 805 g/mol. The second-order valence-corrected chi connectivity index (χ2v) is 17.6. The summed E-state index contributed by atoms with van der Waals surface area (Å²) in [7, 11) is 0. The van der Waals surface area contributed by atoms with Gasteiger partial charge < -0.3 is 19.3 Å². The summed E-state index contributed by atoms with van der Waals surface area (Å²) in [6.07, 6.45) is 37.9. The predicted octanol–water partition coefficient (Wildman–Crippen LogP) is 16.0. The van der Waals surface area contributed by atoms with E-state index in [1.165, 1.54) is 228 Å². The molecule has 4 nitrogen and oxygen atoms in total. The molecule has 0 heterocycles. The Morgan fingerprint density at radius 3 is 0.879 bits per heavy atom. The van der Waals surface area contributed by atoms with E-state index in [2.05, 4.69) is 86.0 Å². The summed E-state index contributed by atoms with van der Waals surface area (Å²) in [4.78, 5) is 5.52. The number of benzene rings is 2. The van der Waals surface area contributed by atoms with Crippen molar-refractivity contribution in [2.45, 2.75) is 221 Å². The highest BCUT2D eigenvalue weighted by atomic mass is 16.5. The average molecular weight is 805 g/mol. The molecule has 0 fully saturated rings. The molecule has 0 aliphatic rings. The molecule has 0 spiro atoms. The van der Waals surface area contributed by atoms with Gasteiger partial charge in [0.15, 0.2) is 0 Å². The van der Waals surface area contributed by atoms with Gasteiger partial charge in [0.25, 0.3) is 0 Å². The van der Waals surface area contributed by atoms with Gasteiger partial charge in [-0.05, 0) is 113 Å². The Balaban J connectivity index is 1.77. The number of ether oxygens (including phenoxy) is 2. The Morgan fingerprint density at radius 1 is 0.310 bits per heavy atom. The second kappa shape index (κ2) is 39.4. The maximum atomic E-state index is 6.36. The fourth-order valence-corrected chi connectivity index (χ4v) is 8.39. The zero-order chi connectivity index (χ0) is 41.4. The van der Waals surface area contributed by atoms with Crippen molar-refractivity contribution < 1.29 is 9.47 Å². The van der Waals surface area contributed by atoms with Gasteiger partial charge in [-0.25, -0.2) is 0 Å². The number of rotatable bonds is 43. The maximum Gasteiger partial charge on any atom is 0.0722 e. The topological polar surface area (TPSA) is 24.9 Å². The summed E-state index contributed by atoms with van der Waals surface area (Å²) in [5, 5.41) is 0. The van der Waals surface area contributed by atoms with Crippen LogP contribution in [-0.4, -0.2) is 62.3 Å². The third kappa shape index (κ3) is 27.9. The van der Waals surface area contributed by atoms with Crippen LogP contribution in [-0.2, 0) is 22.7 Å². The first-order chi connectivity index (χ1) is 28.7. The molecule has 0 amide bonds. The lowest BCUT2D eigenvalue weighted by Gasteiger charge is -2.22. The number of hydrogen-bond donors (Lipinski definition) is 0. The molecule has 58 heavy (non-hydrogen) atoms. The van der Waals surface area contributed by atoms with Crippen LogP contribution in [0.5, 0.6) is 0 Å². The Kier molecular flexibility index (Phi) is 35.6. The number of unbranched alkanes of at least 4 members (excludes halogenated alkanes) is 22. The van der Waals surface area contributed by atoms with Crippen LogP contribution >= 0.6 is 0 Å². The highest BCUT2D eigenvalue weighted by Crippen LogP contribution is 2.28. The molecule has 4 heteroatoms. The predicted molar refractivity (Wildman–Crippen MR) is 256 cm³/mol. The lowest BCUT2D eigenvalue weighted by atomic mass is 9.96. The van der Waals surface area contributed by atoms with Crippen molar-refractivity contribution in [3.63, 3.8) is 0 Å². The molecule has 2 aromatic carbocycles. The lowest BCUT2D eigenvalue weighted by molar-refractivity contribution is 0.113. The molecule has 0 saturated heterocycles. The largest absolute Gasteiger partial charge is 0.377 e. The van der Waals surface area contributed by atoms with Crippen molar-refractivity contribution in [3.05, 3.63) is 59.7 Å². The number of hydrogen-bond acceptors (Lipinski definition) is 4. The Bertz CT molecular complexity index is 1030. The average Bonchev–Trinajstić information content (AvgIpc) is 3.25. The normalized spacial score (nSPS) is 11.8. The van der Waals surface area contributed by atoms with Crippen LogP contribution in [0.15, 0.2) is 48.5 Å². The van der Waals surface area contributed by atoms with Crippen LogP contribution in [0.2, 0.25) is 0 Å². The summed E-state index contributed by atoms with van der Waals surface area (Å²) >= 11 is 0. The summed E-state index contributed by atoms with van der Waals surface area (Å²) in [5.41, 5.74) is 5.12. The van der Waals surface area contributed by atoms with E-state index < -0.39 is 0 Å². The molecule has 0 aliphatic heterocycles. The van der Waals surface area contributed by atoms with Gasteiger partial charge >= 0.3 is 0 Å². The highest BCUT2D eigenvalue weighted by molar-refractivity contribution is 5.70. The van der Waals surface area contributed by atoms with Crippen LogP contribution in [0.25, 0.3) is 11.1 Å². The minimum atomic E-state index is 0.665. The molecule has 0 aliphatic carbocycles. The summed E-state index contributed by atoms with van der Waals surface area (Å²) in [6, 6.07) is 17.7. The quantitative estimate of drug-likeness (QED) is 0.0624. The smallest absolute Gasteiger partial charge is 0.0722 e. The second-order valence-electron chi connectivity index (χ2n) is 17.6. The molecule has 0 unspecified atom stereocenters. The lowest BCUT2D eigenvalue weighted by Crippen LogP contribution is -2.27. The molecule has 0 N–H and O–H groups in total. The van der Waals surface area contributed by atoms with E-state index in [0.717, 1.165) is 26.1 Å². The molecule has 0 saturated carbocycles. The zero-order valence-electron chi connectivity index (χ0n) is 39.2. The first-order valence-corrected chi connectivity index (χ1v) is 25.5. The van der Waals surface area contributed by atoms with E-state index in [-0.39, 0.29) is 0 Å². The standard InChI is InChI=1S/C54H96N2O2/c1-5-9-13-17-21-29-41-55(42-30-22-18-14-10-6-2)45-33-35-47-57-49-51-37-25-27-39-53(51)54-40-28-26-38-52(54)50-58-48-36-34-46-56(43-31-23-19-15-11-7-3)44-32-24-20-16-12-8-4/h25-28,37-40H,5-24,29-36,41-50H2,1-4H3. The van der Waals surface area contributed by atoms with Gasteiger partial charge in [0, 0.05) is 13.2 Å². The van der Waals surface area contributed by atoms with Gasteiger partial charge in [0.2, 0.25) is 0 Å². The van der Waals surface area contributed by atoms with E-state index in [9.17, 15) is 0 Å². The van der Waals surface area contributed by atoms with E-state index in [1.807, 2.05) is 0 Å². The maximum absolute atomic E-state index is 6.36. The van der Waals surface area contributed by atoms with E-state index >= 15 is 0 Å². The third-order valence-corrected chi connectivity index (χ3v) is 12.2. The zero-order valence-corrected chi connectivity index (χ0v) is 39.2. The van der Waals surface area contributed by atoms with Crippen molar-refractivity contribution in [2.24, 2.45) is 0 Å². The number of nitrogens with zero attached hydrogens (tertiary/aromatic N) is 2. The van der Waals surface area contributed by atoms with E-state index in [0.29, 0.717) is 13.2 Å². The van der Waals surface area contributed by atoms with Crippen molar-refractivity contribution in [1.29, 1.82) is 0 Å². The van der Waals surface area contributed by atoms with Crippen molar-refractivity contribution in [3.8, 4) is 11.1 Å². The molecule has 0 atom stereocenters. The minimum absolute atomic E-state index is 0.665. The van der Waals surface area contributed by atoms with Crippen molar-refractivity contribution in [2.75, 3.05) is 52.5 Å². The first kappa shape index (κ1) is 52.4. The van der Waals surface area contributed by atoms with Gasteiger partial charge in [-0.15, -0.1) is 0 Å². The van der Waals surface area contributed by atoms with Crippen LogP contribution in [0.4, 0.5) is 0 Å². The molecule has 0 bridgehead atoms. The van der Waals surface area contributed by atoms with Crippen molar-refractivity contribution in [1.82, 2.24) is 9.80 Å². The van der Waals surface area contributed by atoms with Crippen LogP contribution in [0.1, 0.15) is 219 Å². The Hall–Kier alpha value is -1.72. The minimum Gasteiger partial charge on any atom is -0.377 e. The third-order valence-electron chi connectivity index (χ3n) is 12.2. The highest BCUT2D eigenvalue weighted by Gasteiger charge is 2.11. The molecular weight excluding hydrogens is 709 g/mol. The molecular formula is C54H96N2O2. The molecule has 0 aromatic heterocycles. The van der Waals surface area contributed by atoms with Crippen LogP contribution in [0.3, 0.4) is 0 Å². The van der Waals surface area contributed by atoms with Crippen LogP contribution in [0, 0.1) is 0 Å². The molecule has 0 radical (unpaired) electrons. The Morgan fingerprint density at radius 2 is 0.569 bits per heavy atom. The van der Waals surface area contributed by atoms with Gasteiger partial charge in [0.05, 0.1) is 13.2 Å². The molecule has 334 valence electrons. The van der Waals surface area contributed by atoms with Crippen molar-refractivity contribution >= 4 is 0 Å². The Labute approximate surface area is 362 Å². The fourth-order valence-electron chi connectivity index (χ4n) is 8.39. The van der Waals surface area contributed by atoms with E-state index in [4.69, 9.17) is 9.47 Å². The summed E-state index contributed by atoms with van der Waals surface area (Å²) in [5.74, 6) is 0. The van der Waals surface area contributed by atoms with Crippen LogP contribution < -0.4 is 0 Å². The first-order valence-electron chi connectivity index (χ1n) is 25.5. The van der Waals surface area contributed by atoms with E-state index in [1.54, 1.807) is 0 Å². The van der Waals surface area contributed by atoms with Gasteiger partial charge in [0.1, 0.15) is 0 Å². The molecule has 2 rings (SSSR count). The van der Waals surface area contributed by atoms with Gasteiger partial charge in [-0.2, -0.15) is 0 Å². The molecule has 2 aromatic rings. The van der Waals surface area contributed by atoms with Gasteiger partial charge in [-0.3, -0.25) is 0 Å². The SMILES string of the molecule is CCCCCCCCN(CCCCCCCC)CCCCOCc1ccccc1-c1ccccc1COCCCCN(CCCCCCCC)CCCCCCCC.